The minimum absolute atomic E-state index is 0.0132. The van der Waals surface area contributed by atoms with Crippen LogP contribution in [0.2, 0.25) is 0 Å². The van der Waals surface area contributed by atoms with Gasteiger partial charge in [0.25, 0.3) is 5.91 Å². The molecule has 34 heavy (non-hydrogen) atoms. The fourth-order valence-electron chi connectivity index (χ4n) is 4.41. The number of carbonyl (C=O) groups is 1. The molecule has 2 N–H and O–H groups in total. The minimum Gasteiger partial charge on any atom is -0.389 e. The van der Waals surface area contributed by atoms with Crippen molar-refractivity contribution in [1.82, 2.24) is 9.88 Å². The van der Waals surface area contributed by atoms with Crippen LogP contribution >= 0.6 is 11.9 Å². The second-order valence-corrected chi connectivity index (χ2v) is 9.64. The van der Waals surface area contributed by atoms with Crippen LogP contribution in [0.1, 0.15) is 28.8 Å². The molecule has 1 saturated heterocycles. The third-order valence-corrected chi connectivity index (χ3v) is 7.25. The highest BCUT2D eigenvalue weighted by Gasteiger charge is 2.34. The number of fused-ring (bicyclic) bond motifs is 1. The molecule has 1 aromatic heterocycles. The third kappa shape index (κ3) is 5.08. The molecule has 0 atom stereocenters. The van der Waals surface area contributed by atoms with Gasteiger partial charge < -0.3 is 14.7 Å². The number of aliphatic hydroxyl groups is 1. The van der Waals surface area contributed by atoms with Crippen molar-refractivity contribution in [3.05, 3.63) is 102 Å². The summed E-state index contributed by atoms with van der Waals surface area (Å²) in [4.78, 5) is 20.4. The standard InChI is InChI=1S/C28H27N3O2S/c32-27(31-18-15-28(33,16-19-31)20-21-6-2-1-3-7-21)23-11-13-24(14-12-23)30-34-25-10-4-8-22-9-5-17-29-26(22)25/h1-14,17,30,33H,15-16,18-20H2. The summed E-state index contributed by atoms with van der Waals surface area (Å²) in [5, 5.41) is 12.1. The Balaban J connectivity index is 1.17. The number of piperidine rings is 1. The molecule has 0 unspecified atom stereocenters. The van der Waals surface area contributed by atoms with E-state index in [4.69, 9.17) is 0 Å². The average Bonchev–Trinajstić information content (AvgIpc) is 2.88. The second-order valence-electron chi connectivity index (χ2n) is 8.79. The normalized spacial score (nSPS) is 15.3. The van der Waals surface area contributed by atoms with E-state index in [1.54, 1.807) is 6.20 Å². The lowest BCUT2D eigenvalue weighted by atomic mass is 9.85. The topological polar surface area (TPSA) is 65.5 Å². The first-order valence-corrected chi connectivity index (χ1v) is 12.3. The number of likely N-dealkylation sites (tertiary alicyclic amines) is 1. The van der Waals surface area contributed by atoms with Crippen LogP contribution < -0.4 is 4.72 Å². The molecule has 1 aliphatic rings. The number of carbonyl (C=O) groups excluding carboxylic acids is 1. The van der Waals surface area contributed by atoms with E-state index in [9.17, 15) is 9.90 Å². The predicted octanol–water partition coefficient (Wildman–Crippen LogP) is 5.56. The zero-order valence-corrected chi connectivity index (χ0v) is 19.7. The van der Waals surface area contributed by atoms with Crippen molar-refractivity contribution in [3.63, 3.8) is 0 Å². The Morgan fingerprint density at radius 2 is 1.68 bits per heavy atom. The monoisotopic (exact) mass is 469 g/mol. The number of hydrogen-bond donors (Lipinski definition) is 2. The SMILES string of the molecule is O=C(c1ccc(NSc2cccc3cccnc23)cc1)N1CCC(O)(Cc2ccccc2)CC1. The molecule has 5 rings (SSSR count). The molecule has 1 aliphatic heterocycles. The number of benzene rings is 3. The molecule has 6 heteroatoms. The predicted molar refractivity (Wildman–Crippen MR) is 138 cm³/mol. The Kier molecular flexibility index (Phi) is 6.52. The molecule has 5 nitrogen and oxygen atoms in total. The Labute approximate surface area is 204 Å². The highest BCUT2D eigenvalue weighted by atomic mass is 32.2. The zero-order chi connectivity index (χ0) is 23.4. The fraction of sp³-hybridized carbons (Fsp3) is 0.214. The van der Waals surface area contributed by atoms with E-state index in [1.807, 2.05) is 77.7 Å². The van der Waals surface area contributed by atoms with Crippen LogP contribution in [0.5, 0.6) is 0 Å². The Morgan fingerprint density at radius 1 is 0.941 bits per heavy atom. The van der Waals surface area contributed by atoms with Crippen LogP contribution in [0.4, 0.5) is 5.69 Å². The van der Waals surface area contributed by atoms with E-state index in [2.05, 4.69) is 21.8 Å². The second kappa shape index (κ2) is 9.87. The molecule has 0 aliphatic carbocycles. The molecule has 172 valence electrons. The lowest BCUT2D eigenvalue weighted by Crippen LogP contribution is -2.47. The molecule has 1 fully saturated rings. The van der Waals surface area contributed by atoms with Crippen molar-refractivity contribution in [3.8, 4) is 0 Å². The van der Waals surface area contributed by atoms with E-state index in [-0.39, 0.29) is 5.91 Å². The van der Waals surface area contributed by atoms with Gasteiger partial charge in [-0.1, -0.05) is 48.5 Å². The first-order valence-electron chi connectivity index (χ1n) is 11.5. The van der Waals surface area contributed by atoms with Crippen LogP contribution in [0, 0.1) is 0 Å². The van der Waals surface area contributed by atoms with Crippen LogP contribution in [-0.4, -0.2) is 39.6 Å². The highest BCUT2D eigenvalue weighted by molar-refractivity contribution is 8.00. The fourth-order valence-corrected chi connectivity index (χ4v) is 5.19. The van der Waals surface area contributed by atoms with Crippen LogP contribution in [0.3, 0.4) is 0 Å². The molecule has 0 radical (unpaired) electrons. The van der Waals surface area contributed by atoms with E-state index in [0.29, 0.717) is 37.9 Å². The maximum Gasteiger partial charge on any atom is 0.253 e. The maximum absolute atomic E-state index is 13.0. The van der Waals surface area contributed by atoms with E-state index in [1.165, 1.54) is 11.9 Å². The van der Waals surface area contributed by atoms with Crippen LogP contribution in [0.15, 0.2) is 96.0 Å². The first-order chi connectivity index (χ1) is 16.6. The van der Waals surface area contributed by atoms with Crippen molar-refractivity contribution in [2.75, 3.05) is 17.8 Å². The Morgan fingerprint density at radius 3 is 2.44 bits per heavy atom. The number of amides is 1. The summed E-state index contributed by atoms with van der Waals surface area (Å²) in [6.45, 7) is 1.12. The lowest BCUT2D eigenvalue weighted by Gasteiger charge is -2.38. The summed E-state index contributed by atoms with van der Waals surface area (Å²) in [7, 11) is 0. The Hall–Kier alpha value is -3.35. The Bertz CT molecular complexity index is 1260. The van der Waals surface area contributed by atoms with Gasteiger partial charge in [0, 0.05) is 42.3 Å². The van der Waals surface area contributed by atoms with E-state index in [0.717, 1.165) is 27.0 Å². The van der Waals surface area contributed by atoms with Crippen LogP contribution in [0.25, 0.3) is 10.9 Å². The summed E-state index contributed by atoms with van der Waals surface area (Å²) < 4.78 is 3.35. The minimum atomic E-state index is -0.750. The number of rotatable bonds is 6. The summed E-state index contributed by atoms with van der Waals surface area (Å²) in [5.41, 5.74) is 2.93. The molecular formula is C28H27N3O2S. The van der Waals surface area contributed by atoms with Crippen molar-refractivity contribution >= 4 is 34.4 Å². The van der Waals surface area contributed by atoms with Gasteiger partial charge in [-0.2, -0.15) is 0 Å². The van der Waals surface area contributed by atoms with Gasteiger partial charge >= 0.3 is 0 Å². The van der Waals surface area contributed by atoms with Crippen molar-refractivity contribution in [2.45, 2.75) is 29.8 Å². The van der Waals surface area contributed by atoms with E-state index >= 15 is 0 Å². The lowest BCUT2D eigenvalue weighted by molar-refractivity contribution is -0.0162. The smallest absolute Gasteiger partial charge is 0.253 e. The number of nitrogens with one attached hydrogen (secondary N) is 1. The molecule has 3 aromatic carbocycles. The largest absolute Gasteiger partial charge is 0.389 e. The van der Waals surface area contributed by atoms with Gasteiger partial charge in [0.15, 0.2) is 0 Å². The summed E-state index contributed by atoms with van der Waals surface area (Å²) >= 11 is 1.51. The van der Waals surface area contributed by atoms with Gasteiger partial charge in [0.2, 0.25) is 0 Å². The van der Waals surface area contributed by atoms with Gasteiger partial charge in [-0.25, -0.2) is 0 Å². The summed E-state index contributed by atoms with van der Waals surface area (Å²) in [5.74, 6) is 0.0132. The third-order valence-electron chi connectivity index (χ3n) is 6.36. The molecule has 1 amide bonds. The molecule has 4 aromatic rings. The summed E-state index contributed by atoms with van der Waals surface area (Å²) in [6.07, 6.45) is 3.60. The van der Waals surface area contributed by atoms with Gasteiger partial charge in [-0.3, -0.25) is 9.78 Å². The van der Waals surface area contributed by atoms with Gasteiger partial charge in [-0.15, -0.1) is 0 Å². The number of nitrogens with zero attached hydrogens (tertiary/aromatic N) is 2. The maximum atomic E-state index is 13.0. The molecule has 0 bridgehead atoms. The van der Waals surface area contributed by atoms with Crippen LogP contribution in [-0.2, 0) is 6.42 Å². The van der Waals surface area contributed by atoms with E-state index < -0.39 is 5.60 Å². The number of para-hydroxylation sites is 1. The van der Waals surface area contributed by atoms with Gasteiger partial charge in [0.1, 0.15) is 0 Å². The molecular weight excluding hydrogens is 442 g/mol. The van der Waals surface area contributed by atoms with Gasteiger partial charge in [0.05, 0.1) is 16.0 Å². The van der Waals surface area contributed by atoms with Gasteiger partial charge in [-0.05, 0) is 66.8 Å². The highest BCUT2D eigenvalue weighted by Crippen LogP contribution is 2.29. The quantitative estimate of drug-likeness (QED) is 0.362. The van der Waals surface area contributed by atoms with Crippen molar-refractivity contribution in [1.29, 1.82) is 0 Å². The average molecular weight is 470 g/mol. The van der Waals surface area contributed by atoms with Crippen molar-refractivity contribution in [2.24, 2.45) is 0 Å². The first kappa shape index (κ1) is 22.4. The zero-order valence-electron chi connectivity index (χ0n) is 18.9. The number of anilines is 1. The summed E-state index contributed by atoms with van der Waals surface area (Å²) in [6, 6.07) is 27.7. The van der Waals surface area contributed by atoms with Crippen molar-refractivity contribution < 1.29 is 9.90 Å². The molecule has 0 spiro atoms. The molecule has 2 heterocycles. The number of pyridine rings is 1. The number of hydrogen-bond acceptors (Lipinski definition) is 5. The molecule has 0 saturated carbocycles. The number of aromatic nitrogens is 1.